The molecule has 1 aliphatic rings. The van der Waals surface area contributed by atoms with E-state index in [0.717, 1.165) is 0 Å². The highest BCUT2D eigenvalue weighted by Gasteiger charge is 2.27. The molecule has 1 saturated heterocycles. The van der Waals surface area contributed by atoms with Gasteiger partial charge in [-0.3, -0.25) is 10.1 Å². The maximum Gasteiger partial charge on any atom is 0.273 e. The van der Waals surface area contributed by atoms with Crippen LogP contribution in [0.25, 0.3) is 0 Å². The van der Waals surface area contributed by atoms with Gasteiger partial charge in [0.05, 0.1) is 23.9 Å². The minimum atomic E-state index is -3.54. The molecule has 0 radical (unpaired) electrons. The second kappa shape index (κ2) is 5.64. The summed E-state index contributed by atoms with van der Waals surface area (Å²) < 4.78 is 30.8. The average Bonchev–Trinajstić information content (AvgIpc) is 2.39. The van der Waals surface area contributed by atoms with E-state index in [-0.39, 0.29) is 17.0 Å². The van der Waals surface area contributed by atoms with Gasteiger partial charge in [-0.2, -0.15) is 4.31 Å². The van der Waals surface area contributed by atoms with E-state index in [2.05, 4.69) is 0 Å². The molecule has 1 heterocycles. The van der Waals surface area contributed by atoms with E-state index in [1.807, 2.05) is 0 Å². The zero-order chi connectivity index (χ0) is 13.9. The highest BCUT2D eigenvalue weighted by atomic mass is 32.2. The highest BCUT2D eigenvalue weighted by Crippen LogP contribution is 2.21. The lowest BCUT2D eigenvalue weighted by Gasteiger charge is -2.25. The van der Waals surface area contributed by atoms with Gasteiger partial charge in [-0.25, -0.2) is 8.42 Å². The fraction of sp³-hybridized carbons (Fsp3) is 0.455. The molecule has 0 spiro atoms. The predicted octanol–water partition coefficient (Wildman–Crippen LogP) is 0.757. The summed E-state index contributed by atoms with van der Waals surface area (Å²) >= 11 is 0. The Labute approximate surface area is 111 Å². The van der Waals surface area contributed by atoms with Crippen molar-refractivity contribution in [3.63, 3.8) is 0 Å². The van der Waals surface area contributed by atoms with Gasteiger partial charge in [0.15, 0.2) is 0 Å². The third kappa shape index (κ3) is 3.28. The zero-order valence-electron chi connectivity index (χ0n) is 10.2. The SMILES string of the molecule is O=[N+]([O-])c1ccccc1CS(=O)(=O)N1CCOCC1. The van der Waals surface area contributed by atoms with Crippen LogP contribution in [-0.2, 0) is 20.5 Å². The van der Waals surface area contributed by atoms with Gasteiger partial charge in [0.1, 0.15) is 0 Å². The zero-order valence-corrected chi connectivity index (χ0v) is 11.0. The van der Waals surface area contributed by atoms with Crippen LogP contribution < -0.4 is 0 Å². The van der Waals surface area contributed by atoms with Gasteiger partial charge in [-0.15, -0.1) is 0 Å². The number of nitro groups is 1. The molecule has 0 saturated carbocycles. The summed E-state index contributed by atoms with van der Waals surface area (Å²) in [6.07, 6.45) is 0. The molecule has 7 nitrogen and oxygen atoms in total. The van der Waals surface area contributed by atoms with E-state index in [1.54, 1.807) is 6.07 Å². The molecule has 0 bridgehead atoms. The molecule has 19 heavy (non-hydrogen) atoms. The number of hydrogen-bond donors (Lipinski definition) is 0. The van der Waals surface area contributed by atoms with E-state index in [9.17, 15) is 18.5 Å². The monoisotopic (exact) mass is 286 g/mol. The third-order valence-electron chi connectivity index (χ3n) is 2.89. The highest BCUT2D eigenvalue weighted by molar-refractivity contribution is 7.88. The molecule has 1 aliphatic heterocycles. The minimum absolute atomic E-state index is 0.167. The van der Waals surface area contributed by atoms with Crippen LogP contribution in [0.15, 0.2) is 24.3 Å². The first-order chi connectivity index (χ1) is 9.00. The van der Waals surface area contributed by atoms with Crippen molar-refractivity contribution >= 4 is 15.7 Å². The molecule has 2 rings (SSSR count). The van der Waals surface area contributed by atoms with E-state index in [0.29, 0.717) is 26.3 Å². The average molecular weight is 286 g/mol. The Kier molecular flexibility index (Phi) is 4.13. The molecule has 8 heteroatoms. The first-order valence-corrected chi connectivity index (χ1v) is 7.39. The quantitative estimate of drug-likeness (QED) is 0.602. The van der Waals surface area contributed by atoms with E-state index < -0.39 is 14.9 Å². The number of morpholine rings is 1. The lowest BCUT2D eigenvalue weighted by Crippen LogP contribution is -2.41. The van der Waals surface area contributed by atoms with Crippen LogP contribution in [-0.4, -0.2) is 43.9 Å². The van der Waals surface area contributed by atoms with Crippen molar-refractivity contribution in [3.05, 3.63) is 39.9 Å². The van der Waals surface area contributed by atoms with Crippen molar-refractivity contribution < 1.29 is 18.1 Å². The second-order valence-corrected chi connectivity index (χ2v) is 6.12. The molecule has 1 fully saturated rings. The standard InChI is InChI=1S/C11H14N2O5S/c14-13(15)11-4-2-1-3-10(11)9-19(16,17)12-5-7-18-8-6-12/h1-4H,5-9H2. The van der Waals surface area contributed by atoms with Crippen LogP contribution in [0, 0.1) is 10.1 Å². The normalized spacial score (nSPS) is 17.3. The van der Waals surface area contributed by atoms with Crippen molar-refractivity contribution in [2.75, 3.05) is 26.3 Å². The minimum Gasteiger partial charge on any atom is -0.379 e. The molecule has 1 aromatic carbocycles. The Morgan fingerprint density at radius 2 is 1.89 bits per heavy atom. The summed E-state index contributed by atoms with van der Waals surface area (Å²) in [4.78, 5) is 10.3. The Bertz CT molecular complexity index is 566. The summed E-state index contributed by atoms with van der Waals surface area (Å²) in [5, 5.41) is 10.9. The smallest absolute Gasteiger partial charge is 0.273 e. The molecule has 0 aliphatic carbocycles. The van der Waals surface area contributed by atoms with Gasteiger partial charge in [-0.1, -0.05) is 18.2 Å². The third-order valence-corrected chi connectivity index (χ3v) is 4.72. The van der Waals surface area contributed by atoms with Crippen LogP contribution in [0.2, 0.25) is 0 Å². The molecular formula is C11H14N2O5S. The van der Waals surface area contributed by atoms with Crippen LogP contribution in [0.1, 0.15) is 5.56 Å². The maximum atomic E-state index is 12.2. The fourth-order valence-electron chi connectivity index (χ4n) is 1.92. The molecule has 0 aromatic heterocycles. The number of sulfonamides is 1. The topological polar surface area (TPSA) is 89.8 Å². The van der Waals surface area contributed by atoms with Crippen LogP contribution in [0.4, 0.5) is 5.69 Å². The summed E-state index contributed by atoms with van der Waals surface area (Å²) in [6.45, 7) is 1.30. The first-order valence-electron chi connectivity index (χ1n) is 5.78. The van der Waals surface area contributed by atoms with Gasteiger partial charge >= 0.3 is 0 Å². The van der Waals surface area contributed by atoms with E-state index in [4.69, 9.17) is 4.74 Å². The van der Waals surface area contributed by atoms with Crippen molar-refractivity contribution in [3.8, 4) is 0 Å². The molecule has 0 unspecified atom stereocenters. The van der Waals surface area contributed by atoms with Crippen LogP contribution in [0.3, 0.4) is 0 Å². The van der Waals surface area contributed by atoms with E-state index >= 15 is 0 Å². The number of ether oxygens (including phenoxy) is 1. The number of benzene rings is 1. The number of nitro benzene ring substituents is 1. The summed E-state index contributed by atoms with van der Waals surface area (Å²) in [6, 6.07) is 5.89. The summed E-state index contributed by atoms with van der Waals surface area (Å²) in [5.74, 6) is -0.357. The molecule has 1 aromatic rings. The molecule has 104 valence electrons. The molecular weight excluding hydrogens is 272 g/mol. The summed E-state index contributed by atoms with van der Waals surface area (Å²) in [7, 11) is -3.54. The van der Waals surface area contributed by atoms with Gasteiger partial charge in [0.25, 0.3) is 5.69 Å². The largest absolute Gasteiger partial charge is 0.379 e. The van der Waals surface area contributed by atoms with Crippen molar-refractivity contribution in [2.24, 2.45) is 0 Å². The molecule has 0 N–H and O–H groups in total. The van der Waals surface area contributed by atoms with Crippen LogP contribution >= 0.6 is 0 Å². The fourth-order valence-corrected chi connectivity index (χ4v) is 3.45. The Morgan fingerprint density at radius 3 is 2.53 bits per heavy atom. The Morgan fingerprint density at radius 1 is 1.26 bits per heavy atom. The van der Waals surface area contributed by atoms with Gasteiger partial charge in [0, 0.05) is 24.7 Å². The summed E-state index contributed by atoms with van der Waals surface area (Å²) in [5.41, 5.74) is 0.0401. The van der Waals surface area contributed by atoms with Crippen molar-refractivity contribution in [2.45, 2.75) is 5.75 Å². The van der Waals surface area contributed by atoms with Crippen molar-refractivity contribution in [1.82, 2.24) is 4.31 Å². The predicted molar refractivity (Wildman–Crippen MR) is 68.1 cm³/mol. The molecule has 0 atom stereocenters. The number of para-hydroxylation sites is 1. The maximum absolute atomic E-state index is 12.2. The van der Waals surface area contributed by atoms with Gasteiger partial charge in [-0.05, 0) is 0 Å². The lowest BCUT2D eigenvalue weighted by atomic mass is 10.2. The van der Waals surface area contributed by atoms with Gasteiger partial charge < -0.3 is 4.74 Å². The first kappa shape index (κ1) is 13.9. The lowest BCUT2D eigenvalue weighted by molar-refractivity contribution is -0.385. The number of hydrogen-bond acceptors (Lipinski definition) is 5. The van der Waals surface area contributed by atoms with E-state index in [1.165, 1.54) is 22.5 Å². The Balaban J connectivity index is 2.22. The van der Waals surface area contributed by atoms with Crippen LogP contribution in [0.5, 0.6) is 0 Å². The second-order valence-electron chi connectivity index (χ2n) is 4.15. The van der Waals surface area contributed by atoms with Crippen molar-refractivity contribution in [1.29, 1.82) is 0 Å². The Hall–Kier alpha value is -1.51. The van der Waals surface area contributed by atoms with Gasteiger partial charge in [0.2, 0.25) is 10.0 Å². The molecule has 0 amide bonds. The number of rotatable bonds is 4. The number of nitrogens with zero attached hydrogens (tertiary/aromatic N) is 2.